The van der Waals surface area contributed by atoms with Gasteiger partial charge in [0.1, 0.15) is 0 Å². The van der Waals surface area contributed by atoms with Crippen LogP contribution in [0, 0.1) is 0 Å². The normalized spacial score (nSPS) is 8.10. The van der Waals surface area contributed by atoms with Crippen molar-refractivity contribution in [2.45, 2.75) is 0 Å². The first-order chi connectivity index (χ1) is 4.30. The van der Waals surface area contributed by atoms with Gasteiger partial charge in [-0.2, -0.15) is 0 Å². The summed E-state index contributed by atoms with van der Waals surface area (Å²) >= 11 is 0. The van der Waals surface area contributed by atoms with E-state index in [1.54, 1.807) is 12.1 Å². The zero-order chi connectivity index (χ0) is 6.69. The Balaban J connectivity index is 0.000000810. The molecule has 0 aliphatic carbocycles. The fourth-order valence-corrected chi connectivity index (χ4v) is 0.756. The first-order valence-corrected chi connectivity index (χ1v) is 3.11. The van der Waals surface area contributed by atoms with Crippen molar-refractivity contribution in [3.8, 4) is 0 Å². The number of carbonyl (C=O) groups is 1. The molecule has 3 heteroatoms. The van der Waals surface area contributed by atoms with Crippen molar-refractivity contribution in [2.75, 3.05) is 0 Å². The molecule has 0 aliphatic heterocycles. The Morgan fingerprint density at radius 1 is 1.20 bits per heavy atom. The second-order valence-electron chi connectivity index (χ2n) is 1.70. The molecule has 0 aromatic heterocycles. The molecule has 1 rings (SSSR count). The van der Waals surface area contributed by atoms with Gasteiger partial charge in [-0.05, 0) is 5.56 Å². The third-order valence-electron chi connectivity index (χ3n) is 1.04. The van der Waals surface area contributed by atoms with E-state index in [-0.39, 0.29) is 56.9 Å². The Bertz CT molecular complexity index is 210. The van der Waals surface area contributed by atoms with E-state index in [1.807, 2.05) is 18.2 Å². The fraction of sp³-hybridized carbons (Fsp3) is 0. The summed E-state index contributed by atoms with van der Waals surface area (Å²) in [6.07, 6.45) is 0. The van der Waals surface area contributed by atoms with E-state index >= 15 is 0 Å². The Kier molecular flexibility index (Phi) is 6.12. The average Bonchev–Trinajstić information content (AvgIpc) is 1.90. The molecule has 0 fully saturated rings. The minimum absolute atomic E-state index is 0. The summed E-state index contributed by atoms with van der Waals surface area (Å²) in [7, 11) is 2.89. The van der Waals surface area contributed by atoms with Crippen LogP contribution in [0.2, 0.25) is 0 Å². The zero-order valence-corrected chi connectivity index (χ0v) is 9.92. The van der Waals surface area contributed by atoms with Crippen LogP contribution in [0.1, 0.15) is 10.4 Å². The van der Waals surface area contributed by atoms with Gasteiger partial charge < -0.3 is 14.0 Å². The van der Waals surface area contributed by atoms with Gasteiger partial charge in [-0.3, -0.25) is 0 Å². The fourth-order valence-electron chi connectivity index (χ4n) is 0.590. The summed E-state index contributed by atoms with van der Waals surface area (Å²) in [5.74, 6) is 0. The van der Waals surface area contributed by atoms with Crippen LogP contribution in [0.3, 0.4) is 0 Å². The SMILES string of the molecule is O=C([PH-])c1ccccc1.[K+]. The maximum Gasteiger partial charge on any atom is 1.00 e. The summed E-state index contributed by atoms with van der Waals surface area (Å²) in [4.78, 5) is 10.6. The molecule has 0 amide bonds. The molecule has 1 aromatic rings. The minimum Gasteiger partial charge on any atom is -0.478 e. The van der Waals surface area contributed by atoms with Crippen LogP contribution in [0.5, 0.6) is 0 Å². The van der Waals surface area contributed by atoms with Gasteiger partial charge in [0.25, 0.3) is 0 Å². The number of hydrogen-bond donors (Lipinski definition) is 0. The predicted octanol–water partition coefficient (Wildman–Crippen LogP) is -1.03. The molecule has 0 saturated carbocycles. The topological polar surface area (TPSA) is 17.1 Å². The van der Waals surface area contributed by atoms with E-state index in [1.165, 1.54) is 0 Å². The van der Waals surface area contributed by atoms with E-state index in [2.05, 4.69) is 9.24 Å². The first-order valence-electron chi connectivity index (χ1n) is 2.61. The van der Waals surface area contributed by atoms with Crippen molar-refractivity contribution in [2.24, 2.45) is 0 Å². The second kappa shape index (κ2) is 5.59. The number of carbonyl (C=O) groups excluding carboxylic acids is 1. The van der Waals surface area contributed by atoms with Crippen molar-refractivity contribution >= 4 is 14.8 Å². The second-order valence-corrected chi connectivity index (χ2v) is 2.15. The summed E-state index contributed by atoms with van der Waals surface area (Å²) in [6.45, 7) is 0. The predicted molar refractivity (Wildman–Crippen MR) is 39.1 cm³/mol. The first kappa shape index (κ1) is 11.0. The third kappa shape index (κ3) is 3.38. The summed E-state index contributed by atoms with van der Waals surface area (Å²) in [5, 5.41) is 0. The van der Waals surface area contributed by atoms with Gasteiger partial charge in [0, 0.05) is 5.52 Å². The molecule has 0 atom stereocenters. The largest absolute Gasteiger partial charge is 1.00 e. The number of hydrogen-bond acceptors (Lipinski definition) is 1. The Morgan fingerprint density at radius 2 is 1.70 bits per heavy atom. The Morgan fingerprint density at radius 3 is 2.00 bits per heavy atom. The van der Waals surface area contributed by atoms with E-state index in [0.29, 0.717) is 5.56 Å². The van der Waals surface area contributed by atoms with Crippen molar-refractivity contribution in [1.82, 2.24) is 0 Å². The third-order valence-corrected chi connectivity index (χ3v) is 1.32. The Labute approximate surface area is 105 Å². The van der Waals surface area contributed by atoms with E-state index in [9.17, 15) is 4.79 Å². The number of benzene rings is 1. The van der Waals surface area contributed by atoms with Crippen molar-refractivity contribution in [3.05, 3.63) is 35.9 Å². The summed E-state index contributed by atoms with van der Waals surface area (Å²) in [6, 6.07) is 9.05. The summed E-state index contributed by atoms with van der Waals surface area (Å²) < 4.78 is 0. The molecule has 0 N–H and O–H groups in total. The molecule has 1 aromatic carbocycles. The molecule has 0 saturated heterocycles. The molecular weight excluding hydrogens is 170 g/mol. The quantitative estimate of drug-likeness (QED) is 0.395. The van der Waals surface area contributed by atoms with E-state index in [4.69, 9.17) is 0 Å². The monoisotopic (exact) mass is 176 g/mol. The van der Waals surface area contributed by atoms with Gasteiger partial charge in [-0.15, -0.1) is 0 Å². The molecular formula is C7H6KOP. The maximum absolute atomic E-state index is 10.6. The Hall–Kier alpha value is 0.956. The average molecular weight is 176 g/mol. The van der Waals surface area contributed by atoms with Gasteiger partial charge in [0.05, 0.1) is 0 Å². The van der Waals surface area contributed by atoms with E-state index in [0.717, 1.165) is 0 Å². The van der Waals surface area contributed by atoms with Gasteiger partial charge in [-0.25, -0.2) is 0 Å². The van der Waals surface area contributed by atoms with Crippen LogP contribution in [0.25, 0.3) is 0 Å². The molecule has 10 heavy (non-hydrogen) atoms. The molecule has 0 spiro atoms. The van der Waals surface area contributed by atoms with Crippen molar-refractivity contribution < 1.29 is 56.2 Å². The molecule has 46 valence electrons. The summed E-state index contributed by atoms with van der Waals surface area (Å²) in [5.41, 5.74) is 0.616. The van der Waals surface area contributed by atoms with Crippen LogP contribution in [-0.4, -0.2) is 5.52 Å². The van der Waals surface area contributed by atoms with Gasteiger partial charge in [-0.1, -0.05) is 30.3 Å². The minimum atomic E-state index is -0.0735. The van der Waals surface area contributed by atoms with Gasteiger partial charge >= 0.3 is 51.4 Å². The standard InChI is InChI=1S/C7H6OP.K/c8-7(9)6-4-2-1-3-5-6;/h1-5,9H;/q-1;+1. The van der Waals surface area contributed by atoms with Crippen LogP contribution in [0.4, 0.5) is 0 Å². The van der Waals surface area contributed by atoms with Gasteiger partial charge in [0.2, 0.25) is 0 Å². The molecule has 0 bridgehead atoms. The molecule has 0 radical (unpaired) electrons. The van der Waals surface area contributed by atoms with Gasteiger partial charge in [0.15, 0.2) is 0 Å². The molecule has 0 aliphatic rings. The molecule has 0 unspecified atom stereocenters. The molecule has 1 nitrogen and oxygen atoms in total. The maximum atomic E-state index is 10.6. The molecule has 0 heterocycles. The van der Waals surface area contributed by atoms with Crippen LogP contribution < -0.4 is 51.4 Å². The zero-order valence-electron chi connectivity index (χ0n) is 5.79. The smallest absolute Gasteiger partial charge is 0.478 e. The van der Waals surface area contributed by atoms with Crippen LogP contribution in [-0.2, 0) is 0 Å². The van der Waals surface area contributed by atoms with Crippen molar-refractivity contribution in [3.63, 3.8) is 0 Å². The van der Waals surface area contributed by atoms with E-state index < -0.39 is 0 Å². The van der Waals surface area contributed by atoms with Crippen molar-refractivity contribution in [1.29, 1.82) is 0 Å². The van der Waals surface area contributed by atoms with Crippen LogP contribution in [0.15, 0.2) is 30.3 Å². The van der Waals surface area contributed by atoms with Crippen LogP contribution >= 0.6 is 9.24 Å². The number of rotatable bonds is 1.